The van der Waals surface area contributed by atoms with E-state index in [1.54, 1.807) is 0 Å². The first kappa shape index (κ1) is 17.5. The molecule has 0 saturated carbocycles. The molecule has 7 heteroatoms. The van der Waals surface area contributed by atoms with Gasteiger partial charge >= 0.3 is 5.97 Å². The van der Waals surface area contributed by atoms with Crippen LogP contribution in [0, 0.1) is 4.91 Å². The summed E-state index contributed by atoms with van der Waals surface area (Å²) >= 11 is 0. The lowest BCUT2D eigenvalue weighted by molar-refractivity contribution is -0.710. The molecule has 0 amide bonds. The number of aliphatic hydroxyl groups excluding tert-OH is 1. The molecule has 3 N–H and O–H groups in total. The van der Waals surface area contributed by atoms with Gasteiger partial charge in [-0.3, -0.25) is 0 Å². The zero-order valence-corrected chi connectivity index (χ0v) is 12.3. The van der Waals surface area contributed by atoms with Crippen molar-refractivity contribution in [1.82, 2.24) is 4.98 Å². The van der Waals surface area contributed by atoms with Crippen molar-refractivity contribution in [3.63, 3.8) is 0 Å². The van der Waals surface area contributed by atoms with E-state index in [4.69, 9.17) is 5.11 Å². The zero-order chi connectivity index (χ0) is 16.4. The average Bonchev–Trinajstić information content (AvgIpc) is 3.03. The molecule has 0 aliphatic heterocycles. The summed E-state index contributed by atoms with van der Waals surface area (Å²) in [6.45, 7) is 0. The van der Waals surface area contributed by atoms with Crippen LogP contribution in [0.1, 0.15) is 24.4 Å². The standard InChI is InChI=1S/C14H15N3O3.CH4O/c18-14(19)12(17-9-13(16-20)15-10-17)8-4-7-11-5-2-1-3-6-11;1-2/h1-3,5-6,9-10,12H,4,7-8H2,(H,18,19);2H,1H3/p+1. The molecular formula is C15H20N3O4+. The van der Waals surface area contributed by atoms with Crippen LogP contribution in [0.5, 0.6) is 0 Å². The van der Waals surface area contributed by atoms with Crippen molar-refractivity contribution in [2.45, 2.75) is 25.3 Å². The van der Waals surface area contributed by atoms with Gasteiger partial charge in [-0.05, 0) is 24.8 Å². The Balaban J connectivity index is 0.00000116. The Kier molecular flexibility index (Phi) is 7.49. The number of carbonyl (C=O) groups is 1. The highest BCUT2D eigenvalue weighted by Crippen LogP contribution is 2.13. The second-order valence-electron chi connectivity index (χ2n) is 4.56. The number of carboxylic acid groups (broad SMARTS) is 1. The third-order valence-electron chi connectivity index (χ3n) is 3.16. The minimum atomic E-state index is -0.917. The fourth-order valence-corrected chi connectivity index (χ4v) is 2.13. The van der Waals surface area contributed by atoms with Gasteiger partial charge in [0.2, 0.25) is 6.33 Å². The van der Waals surface area contributed by atoms with Crippen molar-refractivity contribution in [3.8, 4) is 0 Å². The number of imidazole rings is 1. The summed E-state index contributed by atoms with van der Waals surface area (Å²) < 4.78 is 1.48. The molecule has 0 spiro atoms. The van der Waals surface area contributed by atoms with Crippen molar-refractivity contribution in [2.24, 2.45) is 5.18 Å². The lowest BCUT2D eigenvalue weighted by Crippen LogP contribution is -2.42. The maximum absolute atomic E-state index is 11.3. The Morgan fingerprint density at radius 2 is 2.00 bits per heavy atom. The van der Waals surface area contributed by atoms with Crippen molar-refractivity contribution in [1.29, 1.82) is 0 Å². The third kappa shape index (κ3) is 5.10. The van der Waals surface area contributed by atoms with E-state index >= 15 is 0 Å². The Labute approximate surface area is 128 Å². The van der Waals surface area contributed by atoms with Gasteiger partial charge in [0.1, 0.15) is 0 Å². The molecule has 0 aliphatic rings. The first-order chi connectivity index (χ1) is 10.7. The SMILES string of the molecule is CO.O=Nc1c[n+](C(CCCc2ccccc2)C(=O)O)c[nH]1. The Morgan fingerprint density at radius 3 is 2.55 bits per heavy atom. The van der Waals surface area contributed by atoms with Gasteiger partial charge in [0.25, 0.3) is 5.82 Å². The highest BCUT2D eigenvalue weighted by molar-refractivity contribution is 5.69. The van der Waals surface area contributed by atoms with Gasteiger partial charge in [0.15, 0.2) is 12.2 Å². The lowest BCUT2D eigenvalue weighted by Gasteiger charge is -2.08. The Hall–Kier alpha value is -2.54. The second-order valence-corrected chi connectivity index (χ2v) is 4.56. The smallest absolute Gasteiger partial charge is 0.349 e. The van der Waals surface area contributed by atoms with Crippen molar-refractivity contribution < 1.29 is 19.6 Å². The van der Waals surface area contributed by atoms with E-state index < -0.39 is 12.0 Å². The number of rotatable bonds is 7. The number of hydrogen-bond acceptors (Lipinski definition) is 4. The molecular weight excluding hydrogens is 286 g/mol. The predicted octanol–water partition coefficient (Wildman–Crippen LogP) is 1.96. The summed E-state index contributed by atoms with van der Waals surface area (Å²) in [6, 6.07) is 9.24. The number of nitroso groups, excluding NO2 is 1. The van der Waals surface area contributed by atoms with E-state index in [1.165, 1.54) is 22.7 Å². The van der Waals surface area contributed by atoms with E-state index in [1.807, 2.05) is 30.3 Å². The molecule has 0 aliphatic carbocycles. The molecule has 2 rings (SSSR count). The van der Waals surface area contributed by atoms with E-state index in [0.29, 0.717) is 6.42 Å². The number of aromatic amines is 1. The van der Waals surface area contributed by atoms with E-state index in [2.05, 4.69) is 10.2 Å². The van der Waals surface area contributed by atoms with Crippen LogP contribution in [-0.4, -0.2) is 28.3 Å². The Morgan fingerprint density at radius 1 is 1.32 bits per heavy atom. The monoisotopic (exact) mass is 306 g/mol. The topological polar surface area (TPSA) is 107 Å². The van der Waals surface area contributed by atoms with Gasteiger partial charge in [0, 0.05) is 12.3 Å². The third-order valence-corrected chi connectivity index (χ3v) is 3.16. The second kappa shape index (κ2) is 9.41. The maximum Gasteiger partial charge on any atom is 0.349 e. The molecule has 7 nitrogen and oxygen atoms in total. The number of aryl methyl sites for hydroxylation is 1. The first-order valence-corrected chi connectivity index (χ1v) is 6.84. The van der Waals surface area contributed by atoms with Gasteiger partial charge in [0.05, 0.1) is 0 Å². The molecule has 1 aromatic carbocycles. The van der Waals surface area contributed by atoms with Gasteiger partial charge in [-0.2, -0.15) is 0 Å². The molecule has 1 heterocycles. The number of H-pyrrole nitrogens is 1. The fraction of sp³-hybridized carbons (Fsp3) is 0.333. The number of aliphatic carboxylic acids is 1. The van der Waals surface area contributed by atoms with Crippen LogP contribution in [0.3, 0.4) is 0 Å². The highest BCUT2D eigenvalue weighted by atomic mass is 16.4. The summed E-state index contributed by atoms with van der Waals surface area (Å²) in [5.74, 6) is -0.793. The molecule has 0 saturated heterocycles. The molecule has 0 radical (unpaired) electrons. The van der Waals surface area contributed by atoms with Crippen LogP contribution in [-0.2, 0) is 11.2 Å². The largest absolute Gasteiger partial charge is 0.478 e. The van der Waals surface area contributed by atoms with Crippen LogP contribution in [0.15, 0.2) is 48.0 Å². The van der Waals surface area contributed by atoms with Gasteiger partial charge in [-0.25, -0.2) is 14.3 Å². The Bertz CT molecular complexity index is 583. The zero-order valence-electron chi connectivity index (χ0n) is 12.3. The molecule has 1 atom stereocenters. The van der Waals surface area contributed by atoms with Crippen LogP contribution in [0.2, 0.25) is 0 Å². The molecule has 1 unspecified atom stereocenters. The molecule has 118 valence electrons. The van der Waals surface area contributed by atoms with Crippen LogP contribution < -0.4 is 4.57 Å². The molecule has 1 aromatic heterocycles. The molecule has 22 heavy (non-hydrogen) atoms. The fourth-order valence-electron chi connectivity index (χ4n) is 2.13. The molecule has 2 aromatic rings. The summed E-state index contributed by atoms with van der Waals surface area (Å²) in [7, 11) is 1.00. The van der Waals surface area contributed by atoms with Crippen LogP contribution >= 0.6 is 0 Å². The van der Waals surface area contributed by atoms with Crippen molar-refractivity contribution >= 4 is 11.8 Å². The first-order valence-electron chi connectivity index (χ1n) is 6.84. The number of hydrogen-bond donors (Lipinski definition) is 3. The number of carboxylic acids is 1. The van der Waals surface area contributed by atoms with E-state index in [9.17, 15) is 14.8 Å². The summed E-state index contributed by atoms with van der Waals surface area (Å²) in [6.07, 6.45) is 4.94. The van der Waals surface area contributed by atoms with Crippen LogP contribution in [0.25, 0.3) is 0 Å². The lowest BCUT2D eigenvalue weighted by atomic mass is 10.0. The van der Waals surface area contributed by atoms with Gasteiger partial charge < -0.3 is 10.2 Å². The molecule has 0 fully saturated rings. The van der Waals surface area contributed by atoms with Gasteiger partial charge in [-0.1, -0.05) is 30.3 Å². The summed E-state index contributed by atoms with van der Waals surface area (Å²) in [5, 5.41) is 19.0. The number of aliphatic hydroxyl groups is 1. The minimum Gasteiger partial charge on any atom is -0.478 e. The molecule has 0 bridgehead atoms. The average molecular weight is 306 g/mol. The van der Waals surface area contributed by atoms with E-state index in [0.717, 1.165) is 20.0 Å². The maximum atomic E-state index is 11.3. The van der Waals surface area contributed by atoms with Gasteiger partial charge in [-0.15, -0.1) is 4.91 Å². The quantitative estimate of drug-likeness (QED) is 0.537. The predicted molar refractivity (Wildman–Crippen MR) is 80.6 cm³/mol. The van der Waals surface area contributed by atoms with E-state index in [-0.39, 0.29) is 5.82 Å². The number of nitrogens with zero attached hydrogens (tertiary/aromatic N) is 2. The highest BCUT2D eigenvalue weighted by Gasteiger charge is 2.24. The summed E-state index contributed by atoms with van der Waals surface area (Å²) in [5.41, 5.74) is 1.19. The number of aromatic nitrogens is 2. The number of nitrogens with one attached hydrogen (secondary N) is 1. The van der Waals surface area contributed by atoms with Crippen molar-refractivity contribution in [3.05, 3.63) is 53.3 Å². The van der Waals surface area contributed by atoms with Crippen molar-refractivity contribution in [2.75, 3.05) is 7.11 Å². The minimum absolute atomic E-state index is 0.124. The number of benzene rings is 1. The normalized spacial score (nSPS) is 11.2. The van der Waals surface area contributed by atoms with Crippen LogP contribution in [0.4, 0.5) is 5.82 Å². The summed E-state index contributed by atoms with van der Waals surface area (Å²) in [4.78, 5) is 24.3.